The van der Waals surface area contributed by atoms with Gasteiger partial charge in [0.15, 0.2) is 5.78 Å². The second-order valence-corrected chi connectivity index (χ2v) is 14.5. The van der Waals surface area contributed by atoms with Crippen LogP contribution in [-0.2, 0) is 43.3 Å². The van der Waals surface area contributed by atoms with Gasteiger partial charge in [-0.2, -0.15) is 0 Å². The van der Waals surface area contributed by atoms with Crippen LogP contribution in [-0.4, -0.2) is 59.9 Å². The Labute approximate surface area is 287 Å². The molecule has 0 aromatic heterocycles. The van der Waals surface area contributed by atoms with Crippen LogP contribution in [0.3, 0.4) is 0 Å². The number of epoxide rings is 1. The number of nitrogens with two attached hydrogens (primary N) is 1. The first kappa shape index (κ1) is 36.0. The van der Waals surface area contributed by atoms with E-state index < -0.39 is 47.5 Å². The lowest BCUT2D eigenvalue weighted by Gasteiger charge is -2.30. The number of benzene rings is 2. The second kappa shape index (κ2) is 16.0. The van der Waals surface area contributed by atoms with E-state index in [1.807, 2.05) is 68.4 Å². The first-order valence-corrected chi connectivity index (χ1v) is 17.4. The number of fused-ring (bicyclic) bond motifs is 2. The van der Waals surface area contributed by atoms with Gasteiger partial charge in [0.25, 0.3) is 0 Å². The number of ketones is 1. The molecule has 262 valence electrons. The van der Waals surface area contributed by atoms with Gasteiger partial charge in [0.1, 0.15) is 23.7 Å². The van der Waals surface area contributed by atoms with E-state index in [-0.39, 0.29) is 24.5 Å². The Balaban J connectivity index is 1.32. The van der Waals surface area contributed by atoms with Crippen LogP contribution in [0.15, 0.2) is 59.7 Å². The van der Waals surface area contributed by atoms with Gasteiger partial charge in [0.2, 0.25) is 17.7 Å². The van der Waals surface area contributed by atoms with Crippen LogP contribution in [0.25, 0.3) is 10.4 Å². The summed E-state index contributed by atoms with van der Waals surface area (Å²) in [5.41, 5.74) is 16.6. The number of azide groups is 1. The van der Waals surface area contributed by atoms with Crippen molar-refractivity contribution in [3.8, 4) is 0 Å². The van der Waals surface area contributed by atoms with Crippen LogP contribution < -0.4 is 21.7 Å². The number of hydrogen-bond donors (Lipinski definition) is 4. The highest BCUT2D eigenvalue weighted by atomic mass is 16.6. The molecule has 5 rings (SSSR count). The SMILES string of the molecule is CC(C)[C@H](NC(=O)[C@H](Cc1ccc(CN)cc1)NC(=O)C(Cc1ccccc1)N=[N+]=[N-])C(=O)N[C@@H](CC1CC2CCC1C2)C(=O)[C@@]1(C)CO1. The number of hydrogen-bond acceptors (Lipinski definition) is 7. The molecule has 3 amide bonds. The first-order chi connectivity index (χ1) is 23.5. The smallest absolute Gasteiger partial charge is 0.243 e. The summed E-state index contributed by atoms with van der Waals surface area (Å²) in [6.45, 7) is 6.08. The van der Waals surface area contributed by atoms with E-state index in [9.17, 15) is 24.7 Å². The maximum atomic E-state index is 14.0. The van der Waals surface area contributed by atoms with Crippen LogP contribution >= 0.6 is 0 Å². The predicted octanol–water partition coefficient (Wildman–Crippen LogP) is 3.90. The molecule has 2 aromatic carbocycles. The summed E-state index contributed by atoms with van der Waals surface area (Å²) in [5.74, 6) is -0.463. The topological polar surface area (TPSA) is 192 Å². The second-order valence-electron chi connectivity index (χ2n) is 14.5. The highest BCUT2D eigenvalue weighted by Gasteiger charge is 2.52. The summed E-state index contributed by atoms with van der Waals surface area (Å²) >= 11 is 0. The summed E-state index contributed by atoms with van der Waals surface area (Å²) in [7, 11) is 0. The minimum absolute atomic E-state index is 0.115. The molecule has 2 bridgehead atoms. The number of ether oxygens (including phenoxy) is 1. The van der Waals surface area contributed by atoms with E-state index in [0.717, 1.165) is 29.5 Å². The van der Waals surface area contributed by atoms with Crippen LogP contribution in [0.4, 0.5) is 0 Å². The summed E-state index contributed by atoms with van der Waals surface area (Å²) in [6, 6.07) is 12.6. The number of nitrogens with one attached hydrogen (secondary N) is 3. The fourth-order valence-electron chi connectivity index (χ4n) is 7.48. The highest BCUT2D eigenvalue weighted by molar-refractivity contribution is 5.98. The monoisotopic (exact) mass is 671 g/mol. The van der Waals surface area contributed by atoms with Gasteiger partial charge in [-0.1, -0.05) is 80.0 Å². The first-order valence-electron chi connectivity index (χ1n) is 17.4. The Morgan fingerprint density at radius 3 is 2.12 bits per heavy atom. The molecule has 3 aliphatic rings. The molecule has 12 heteroatoms. The Kier molecular flexibility index (Phi) is 11.7. The van der Waals surface area contributed by atoms with E-state index >= 15 is 0 Å². The molecule has 1 heterocycles. The van der Waals surface area contributed by atoms with Gasteiger partial charge in [-0.05, 0) is 84.9 Å². The number of amides is 3. The standard InChI is InChI=1S/C37H49N7O5/c1-22(2)32(36(48)40-29(33(45)37(3)21-49-37)19-28-16-26-13-14-27(28)15-26)42-34(46)30(17-24-9-11-25(20-38)12-10-24)41-35(47)31(43-44-39)18-23-7-5-4-6-8-23/h4-12,22,26-32H,13-21,38H2,1-3H3,(H,40,48)(H,41,47)(H,42,46)/t26?,27?,28?,29-,30-,31?,32-,37+/m0/s1. The summed E-state index contributed by atoms with van der Waals surface area (Å²) in [6.07, 6.45) is 5.48. The van der Waals surface area contributed by atoms with E-state index in [0.29, 0.717) is 37.3 Å². The van der Waals surface area contributed by atoms with Crippen molar-refractivity contribution < 1.29 is 23.9 Å². The molecule has 0 spiro atoms. The van der Waals surface area contributed by atoms with Crippen LogP contribution in [0.2, 0.25) is 0 Å². The van der Waals surface area contributed by atoms with Crippen molar-refractivity contribution >= 4 is 23.5 Å². The van der Waals surface area contributed by atoms with Gasteiger partial charge in [0, 0.05) is 17.9 Å². The molecule has 5 N–H and O–H groups in total. The minimum atomic E-state index is -1.10. The van der Waals surface area contributed by atoms with Gasteiger partial charge in [-0.15, -0.1) is 0 Å². The zero-order valence-electron chi connectivity index (χ0n) is 28.6. The average Bonchev–Trinajstić information content (AvgIpc) is 3.50. The largest absolute Gasteiger partial charge is 0.361 e. The van der Waals surface area contributed by atoms with Crippen molar-refractivity contribution in [1.82, 2.24) is 16.0 Å². The number of carbonyl (C=O) groups excluding carboxylic acids is 4. The number of carbonyl (C=O) groups is 4. The molecule has 2 saturated carbocycles. The molecule has 49 heavy (non-hydrogen) atoms. The zero-order chi connectivity index (χ0) is 35.1. The molecule has 3 fully saturated rings. The third kappa shape index (κ3) is 9.26. The van der Waals surface area contributed by atoms with Crippen molar-refractivity contribution in [1.29, 1.82) is 0 Å². The average molecular weight is 672 g/mol. The van der Waals surface area contributed by atoms with E-state index in [1.165, 1.54) is 12.8 Å². The molecule has 0 radical (unpaired) electrons. The normalized spacial score (nSPS) is 24.6. The molecule has 2 aliphatic carbocycles. The van der Waals surface area contributed by atoms with E-state index in [1.54, 1.807) is 6.92 Å². The molecular weight excluding hydrogens is 622 g/mol. The van der Waals surface area contributed by atoms with Crippen LogP contribution in [0, 0.1) is 23.7 Å². The molecule has 12 nitrogen and oxygen atoms in total. The number of Topliss-reactive ketones (excluding diaryl/α,β-unsaturated/α-hetero) is 1. The van der Waals surface area contributed by atoms with Gasteiger partial charge in [-0.25, -0.2) is 0 Å². The fraction of sp³-hybridized carbons (Fsp3) is 0.568. The van der Waals surface area contributed by atoms with Gasteiger partial charge in [0.05, 0.1) is 12.6 Å². The molecule has 1 aliphatic heterocycles. The lowest BCUT2D eigenvalue weighted by atomic mass is 9.82. The van der Waals surface area contributed by atoms with Crippen molar-refractivity contribution in [3.63, 3.8) is 0 Å². The van der Waals surface area contributed by atoms with E-state index in [4.69, 9.17) is 10.5 Å². The van der Waals surface area contributed by atoms with Gasteiger partial charge < -0.3 is 26.4 Å². The molecule has 8 atom stereocenters. The van der Waals surface area contributed by atoms with E-state index in [2.05, 4.69) is 26.0 Å². The Hall–Kier alpha value is -4.25. The molecular formula is C37H49N7O5. The summed E-state index contributed by atoms with van der Waals surface area (Å²) in [4.78, 5) is 57.9. The van der Waals surface area contributed by atoms with Crippen LogP contribution in [0.1, 0.15) is 69.6 Å². The third-order valence-electron chi connectivity index (χ3n) is 10.5. The molecule has 4 unspecified atom stereocenters. The Morgan fingerprint density at radius 1 is 0.898 bits per heavy atom. The quantitative estimate of drug-likeness (QED) is 0.0853. The van der Waals surface area contributed by atoms with Crippen LogP contribution in [0.5, 0.6) is 0 Å². The van der Waals surface area contributed by atoms with Gasteiger partial charge >= 0.3 is 0 Å². The van der Waals surface area contributed by atoms with Crippen molar-refractivity contribution in [3.05, 3.63) is 81.7 Å². The van der Waals surface area contributed by atoms with Crippen molar-refractivity contribution in [2.24, 2.45) is 34.5 Å². The minimum Gasteiger partial charge on any atom is -0.361 e. The maximum absolute atomic E-state index is 14.0. The summed E-state index contributed by atoms with van der Waals surface area (Å²) in [5, 5.41) is 12.4. The highest BCUT2D eigenvalue weighted by Crippen LogP contribution is 2.50. The summed E-state index contributed by atoms with van der Waals surface area (Å²) < 4.78 is 5.49. The van der Waals surface area contributed by atoms with Crippen molar-refractivity contribution in [2.75, 3.05) is 6.61 Å². The third-order valence-corrected chi connectivity index (χ3v) is 10.5. The predicted molar refractivity (Wildman–Crippen MR) is 185 cm³/mol. The number of rotatable bonds is 17. The number of nitrogens with zero attached hydrogens (tertiary/aromatic N) is 3. The van der Waals surface area contributed by atoms with Gasteiger partial charge in [-0.3, -0.25) is 19.2 Å². The molecule has 1 saturated heterocycles. The Bertz CT molecular complexity index is 1540. The fourth-order valence-corrected chi connectivity index (χ4v) is 7.48. The lowest BCUT2D eigenvalue weighted by molar-refractivity contribution is -0.135. The molecule has 2 aromatic rings. The Morgan fingerprint density at radius 2 is 1.55 bits per heavy atom. The zero-order valence-corrected chi connectivity index (χ0v) is 28.6. The maximum Gasteiger partial charge on any atom is 0.243 e. The van der Waals surface area contributed by atoms with Crippen molar-refractivity contribution in [2.45, 2.75) is 102 Å². The lowest BCUT2D eigenvalue weighted by Crippen LogP contribution is -2.59.